The number of phenols is 1. The van der Waals surface area contributed by atoms with E-state index in [2.05, 4.69) is 0 Å². The molecule has 0 saturated heterocycles. The van der Waals surface area contributed by atoms with E-state index < -0.39 is 5.60 Å². The Labute approximate surface area is 117 Å². The van der Waals surface area contributed by atoms with E-state index in [-0.39, 0.29) is 5.75 Å². The van der Waals surface area contributed by atoms with Crippen molar-refractivity contribution in [3.63, 3.8) is 0 Å². The van der Waals surface area contributed by atoms with Crippen molar-refractivity contribution in [3.8, 4) is 5.75 Å². The molecule has 0 heterocycles. The third-order valence-electron chi connectivity index (χ3n) is 3.74. The molecule has 0 spiro atoms. The summed E-state index contributed by atoms with van der Waals surface area (Å²) >= 11 is 0. The van der Waals surface area contributed by atoms with Gasteiger partial charge in [-0.15, -0.1) is 0 Å². The lowest BCUT2D eigenvalue weighted by molar-refractivity contribution is 0.104. The van der Waals surface area contributed by atoms with Crippen molar-refractivity contribution in [2.75, 3.05) is 0 Å². The molecule has 100 valence electrons. The van der Waals surface area contributed by atoms with Crippen LogP contribution in [0.4, 0.5) is 0 Å². The van der Waals surface area contributed by atoms with Gasteiger partial charge in [-0.25, -0.2) is 0 Å². The van der Waals surface area contributed by atoms with E-state index in [0.717, 1.165) is 21.9 Å². The van der Waals surface area contributed by atoms with Gasteiger partial charge in [0.1, 0.15) is 11.4 Å². The topological polar surface area (TPSA) is 40.5 Å². The Bertz CT molecular complexity index is 737. The minimum Gasteiger partial charge on any atom is -0.508 e. The summed E-state index contributed by atoms with van der Waals surface area (Å²) in [6.45, 7) is 1.78. The predicted octanol–water partition coefficient (Wildman–Crippen LogP) is 3.80. The van der Waals surface area contributed by atoms with E-state index in [9.17, 15) is 10.2 Å². The summed E-state index contributed by atoms with van der Waals surface area (Å²) in [5.74, 6) is 0.197. The molecule has 0 aromatic heterocycles. The highest BCUT2D eigenvalue weighted by Crippen LogP contribution is 2.34. The van der Waals surface area contributed by atoms with Crippen LogP contribution < -0.4 is 0 Å². The molecule has 2 nitrogen and oxygen atoms in total. The van der Waals surface area contributed by atoms with Gasteiger partial charge < -0.3 is 10.2 Å². The molecule has 0 radical (unpaired) electrons. The average Bonchev–Trinajstić information content (AvgIpc) is 2.47. The fourth-order valence-electron chi connectivity index (χ4n) is 2.59. The SMILES string of the molecule is CC(O)(c1ccc(O)cc1)c1cccc2ccccc12. The third-order valence-corrected chi connectivity index (χ3v) is 3.74. The van der Waals surface area contributed by atoms with E-state index in [1.165, 1.54) is 0 Å². The number of hydrogen-bond donors (Lipinski definition) is 2. The minimum atomic E-state index is -1.10. The molecule has 0 aliphatic rings. The first-order chi connectivity index (χ1) is 9.59. The highest BCUT2D eigenvalue weighted by atomic mass is 16.3. The molecule has 1 unspecified atom stereocenters. The second kappa shape index (κ2) is 4.66. The van der Waals surface area contributed by atoms with Crippen LogP contribution in [0.15, 0.2) is 66.7 Å². The van der Waals surface area contributed by atoms with Crippen LogP contribution in [0.5, 0.6) is 5.75 Å². The van der Waals surface area contributed by atoms with Gasteiger partial charge in [-0.05, 0) is 41.0 Å². The van der Waals surface area contributed by atoms with Gasteiger partial charge in [0.2, 0.25) is 0 Å². The summed E-state index contributed by atoms with van der Waals surface area (Å²) in [6, 6.07) is 20.6. The second-order valence-corrected chi connectivity index (χ2v) is 5.15. The van der Waals surface area contributed by atoms with Crippen molar-refractivity contribution in [1.29, 1.82) is 0 Å². The number of rotatable bonds is 2. The van der Waals surface area contributed by atoms with Crippen molar-refractivity contribution in [3.05, 3.63) is 77.9 Å². The molecule has 0 amide bonds. The fraction of sp³-hybridized carbons (Fsp3) is 0.111. The van der Waals surface area contributed by atoms with Crippen LogP contribution in [0.2, 0.25) is 0 Å². The molecular weight excluding hydrogens is 248 g/mol. The summed E-state index contributed by atoms with van der Waals surface area (Å²) in [6.07, 6.45) is 0. The average molecular weight is 264 g/mol. The van der Waals surface area contributed by atoms with Gasteiger partial charge in [-0.1, -0.05) is 54.6 Å². The molecule has 2 heteroatoms. The number of fused-ring (bicyclic) bond motifs is 1. The van der Waals surface area contributed by atoms with E-state index in [0.29, 0.717) is 0 Å². The Morgan fingerprint density at radius 2 is 1.45 bits per heavy atom. The van der Waals surface area contributed by atoms with E-state index >= 15 is 0 Å². The normalized spacial score (nSPS) is 14.1. The van der Waals surface area contributed by atoms with Crippen molar-refractivity contribution in [2.45, 2.75) is 12.5 Å². The van der Waals surface area contributed by atoms with Gasteiger partial charge in [0.05, 0.1) is 0 Å². The zero-order chi connectivity index (χ0) is 14.2. The van der Waals surface area contributed by atoms with Gasteiger partial charge in [0.15, 0.2) is 0 Å². The predicted molar refractivity (Wildman–Crippen MR) is 80.7 cm³/mol. The molecule has 0 aliphatic carbocycles. The van der Waals surface area contributed by atoms with Crippen molar-refractivity contribution >= 4 is 10.8 Å². The number of aromatic hydroxyl groups is 1. The first kappa shape index (κ1) is 12.7. The van der Waals surface area contributed by atoms with Crippen LogP contribution in [0.3, 0.4) is 0 Å². The summed E-state index contributed by atoms with van der Waals surface area (Å²) in [7, 11) is 0. The van der Waals surface area contributed by atoms with Crippen LogP contribution in [0.1, 0.15) is 18.1 Å². The maximum Gasteiger partial charge on any atom is 0.115 e. The van der Waals surface area contributed by atoms with Crippen molar-refractivity contribution in [1.82, 2.24) is 0 Å². The molecule has 0 bridgehead atoms. The van der Waals surface area contributed by atoms with Gasteiger partial charge in [-0.3, -0.25) is 0 Å². The van der Waals surface area contributed by atoms with Crippen LogP contribution in [0, 0.1) is 0 Å². The maximum absolute atomic E-state index is 11.0. The fourth-order valence-corrected chi connectivity index (χ4v) is 2.59. The molecule has 0 saturated carbocycles. The highest BCUT2D eigenvalue weighted by molar-refractivity contribution is 5.86. The van der Waals surface area contributed by atoms with Crippen LogP contribution in [0.25, 0.3) is 10.8 Å². The smallest absolute Gasteiger partial charge is 0.115 e. The van der Waals surface area contributed by atoms with E-state index in [1.54, 1.807) is 31.2 Å². The first-order valence-electron chi connectivity index (χ1n) is 6.59. The largest absolute Gasteiger partial charge is 0.508 e. The molecule has 0 fully saturated rings. The number of hydrogen-bond acceptors (Lipinski definition) is 2. The maximum atomic E-state index is 11.0. The lowest BCUT2D eigenvalue weighted by Gasteiger charge is -2.26. The van der Waals surface area contributed by atoms with Crippen LogP contribution in [-0.2, 0) is 5.60 Å². The van der Waals surface area contributed by atoms with E-state index in [1.807, 2.05) is 42.5 Å². The van der Waals surface area contributed by atoms with Crippen LogP contribution >= 0.6 is 0 Å². The highest BCUT2D eigenvalue weighted by Gasteiger charge is 2.27. The van der Waals surface area contributed by atoms with E-state index in [4.69, 9.17) is 0 Å². The number of phenolic OH excluding ortho intramolecular Hbond substituents is 1. The number of benzene rings is 3. The van der Waals surface area contributed by atoms with Crippen molar-refractivity contribution in [2.24, 2.45) is 0 Å². The Morgan fingerprint density at radius 3 is 2.20 bits per heavy atom. The quantitative estimate of drug-likeness (QED) is 0.739. The minimum absolute atomic E-state index is 0.197. The molecule has 0 aliphatic heterocycles. The zero-order valence-electron chi connectivity index (χ0n) is 11.2. The zero-order valence-corrected chi connectivity index (χ0v) is 11.2. The molecule has 20 heavy (non-hydrogen) atoms. The standard InChI is InChI=1S/C18H16O2/c1-18(20,14-9-11-15(19)12-10-14)17-8-4-6-13-5-2-3-7-16(13)17/h2-12,19-20H,1H3. The summed E-state index contributed by atoms with van der Waals surface area (Å²) in [5, 5.41) is 22.5. The van der Waals surface area contributed by atoms with Gasteiger partial charge in [-0.2, -0.15) is 0 Å². The Balaban J connectivity index is 2.20. The Morgan fingerprint density at radius 1 is 0.800 bits per heavy atom. The van der Waals surface area contributed by atoms with Gasteiger partial charge in [0, 0.05) is 0 Å². The van der Waals surface area contributed by atoms with Crippen LogP contribution in [-0.4, -0.2) is 10.2 Å². The van der Waals surface area contributed by atoms with Crippen molar-refractivity contribution < 1.29 is 10.2 Å². The monoisotopic (exact) mass is 264 g/mol. The summed E-state index contributed by atoms with van der Waals surface area (Å²) in [4.78, 5) is 0. The summed E-state index contributed by atoms with van der Waals surface area (Å²) < 4.78 is 0. The summed E-state index contributed by atoms with van der Waals surface area (Å²) in [5.41, 5.74) is 0.516. The van der Waals surface area contributed by atoms with Gasteiger partial charge in [0.25, 0.3) is 0 Å². The molecule has 3 aromatic rings. The first-order valence-corrected chi connectivity index (χ1v) is 6.59. The number of aliphatic hydroxyl groups is 1. The lowest BCUT2D eigenvalue weighted by atomic mass is 9.85. The second-order valence-electron chi connectivity index (χ2n) is 5.15. The molecule has 3 rings (SSSR count). The lowest BCUT2D eigenvalue weighted by Crippen LogP contribution is -2.22. The molecule has 2 N–H and O–H groups in total. The molecular formula is C18H16O2. The van der Waals surface area contributed by atoms with Gasteiger partial charge >= 0.3 is 0 Å². The molecule has 3 aromatic carbocycles. The Kier molecular flexibility index (Phi) is 2.96. The third kappa shape index (κ3) is 2.04. The molecule has 1 atom stereocenters. The Hall–Kier alpha value is -2.32.